The maximum absolute atomic E-state index is 12.5. The Morgan fingerprint density at radius 1 is 0.833 bits per heavy atom. The molecule has 0 saturated carbocycles. The van der Waals surface area contributed by atoms with E-state index in [0.29, 0.717) is 31.5 Å². The summed E-state index contributed by atoms with van der Waals surface area (Å²) in [6.45, 7) is 6.73. The van der Waals surface area contributed by atoms with Gasteiger partial charge in [0.15, 0.2) is 0 Å². The molecular formula is C35H51N5O2. The largest absolute Gasteiger partial charge is 0.354 e. The minimum Gasteiger partial charge on any atom is -0.354 e. The molecule has 2 heterocycles. The van der Waals surface area contributed by atoms with E-state index in [9.17, 15) is 9.59 Å². The molecule has 1 aromatic rings. The van der Waals surface area contributed by atoms with Gasteiger partial charge < -0.3 is 16.0 Å². The predicted molar refractivity (Wildman–Crippen MR) is 175 cm³/mol. The van der Waals surface area contributed by atoms with Crippen LogP contribution >= 0.6 is 0 Å². The highest BCUT2D eigenvalue weighted by molar-refractivity contribution is 5.93. The van der Waals surface area contributed by atoms with Gasteiger partial charge >= 0.3 is 0 Å². The lowest BCUT2D eigenvalue weighted by Crippen LogP contribution is -2.55. The normalized spacial score (nSPS) is 15.6. The van der Waals surface area contributed by atoms with E-state index in [1.54, 1.807) is 24.5 Å². The first-order valence-electron chi connectivity index (χ1n) is 15.5. The maximum Gasteiger partial charge on any atom is 0.252 e. The van der Waals surface area contributed by atoms with Crippen LogP contribution in [0.15, 0.2) is 97.4 Å². The van der Waals surface area contributed by atoms with Gasteiger partial charge in [0.05, 0.1) is 5.56 Å². The van der Waals surface area contributed by atoms with Gasteiger partial charge in [-0.1, -0.05) is 79.8 Å². The van der Waals surface area contributed by atoms with E-state index >= 15 is 0 Å². The van der Waals surface area contributed by atoms with Crippen molar-refractivity contribution >= 4 is 11.8 Å². The highest BCUT2D eigenvalue weighted by atomic mass is 16.2. The number of nitrogens with one attached hydrogen (secondary N) is 3. The summed E-state index contributed by atoms with van der Waals surface area (Å²) >= 11 is 0. The quantitative estimate of drug-likeness (QED) is 0.175. The summed E-state index contributed by atoms with van der Waals surface area (Å²) in [6.07, 6.45) is 36.4. The molecule has 0 bridgehead atoms. The van der Waals surface area contributed by atoms with Gasteiger partial charge in [0.2, 0.25) is 5.91 Å². The van der Waals surface area contributed by atoms with Gasteiger partial charge in [0.25, 0.3) is 5.91 Å². The number of amides is 2. The van der Waals surface area contributed by atoms with E-state index in [2.05, 4.69) is 106 Å². The number of pyridine rings is 1. The van der Waals surface area contributed by atoms with Crippen LogP contribution in [-0.2, 0) is 4.79 Å². The van der Waals surface area contributed by atoms with Gasteiger partial charge in [0, 0.05) is 64.1 Å². The number of hydrogen-bond donors (Lipinski definition) is 3. The van der Waals surface area contributed by atoms with E-state index in [1.165, 1.54) is 0 Å². The molecule has 0 spiro atoms. The Morgan fingerprint density at radius 3 is 1.93 bits per heavy atom. The van der Waals surface area contributed by atoms with Gasteiger partial charge in [0.1, 0.15) is 0 Å². The second-order valence-corrected chi connectivity index (χ2v) is 10.1. The Kier molecular flexibility index (Phi) is 19.9. The zero-order valence-corrected chi connectivity index (χ0v) is 25.4. The Bertz CT molecular complexity index is 1040. The monoisotopic (exact) mass is 573 g/mol. The molecule has 1 aromatic heterocycles. The van der Waals surface area contributed by atoms with Crippen molar-refractivity contribution in [3.63, 3.8) is 0 Å². The average Bonchev–Trinajstić information content (AvgIpc) is 3.03. The number of nitrogens with zero attached hydrogens (tertiary/aromatic N) is 2. The fourth-order valence-corrected chi connectivity index (χ4v) is 4.36. The summed E-state index contributed by atoms with van der Waals surface area (Å²) < 4.78 is 0. The smallest absolute Gasteiger partial charge is 0.252 e. The summed E-state index contributed by atoms with van der Waals surface area (Å²) in [6, 6.07) is 3.54. The molecule has 0 aromatic carbocycles. The van der Waals surface area contributed by atoms with E-state index in [0.717, 1.165) is 64.7 Å². The highest BCUT2D eigenvalue weighted by Gasteiger charge is 2.22. The summed E-state index contributed by atoms with van der Waals surface area (Å²) in [5.41, 5.74) is 0.539. The van der Waals surface area contributed by atoms with Crippen LogP contribution in [0.1, 0.15) is 68.6 Å². The van der Waals surface area contributed by atoms with Crippen LogP contribution < -0.4 is 16.0 Å². The lowest BCUT2D eigenvalue weighted by molar-refractivity contribution is -0.121. The molecule has 1 unspecified atom stereocenters. The van der Waals surface area contributed by atoms with E-state index in [1.807, 2.05) is 0 Å². The van der Waals surface area contributed by atoms with E-state index in [4.69, 9.17) is 0 Å². The number of piperazine rings is 1. The third-order valence-corrected chi connectivity index (χ3v) is 6.76. The van der Waals surface area contributed by atoms with Crippen LogP contribution in [0.4, 0.5) is 0 Å². The topological polar surface area (TPSA) is 86.4 Å². The van der Waals surface area contributed by atoms with Crippen molar-refractivity contribution in [1.82, 2.24) is 25.8 Å². The summed E-state index contributed by atoms with van der Waals surface area (Å²) in [5.74, 6) is -0.111. The zero-order valence-electron chi connectivity index (χ0n) is 25.4. The molecule has 1 aliphatic rings. The lowest BCUT2D eigenvalue weighted by atomic mass is 10.2. The molecule has 2 rings (SSSR count). The Hall–Kier alpha value is -3.55. The molecule has 1 atom stereocenters. The highest BCUT2D eigenvalue weighted by Crippen LogP contribution is 2.03. The van der Waals surface area contributed by atoms with E-state index < -0.39 is 0 Å². The molecule has 0 radical (unpaired) electrons. The fraction of sp³-hybridized carbons (Fsp3) is 0.457. The molecule has 1 aliphatic heterocycles. The second-order valence-electron chi connectivity index (χ2n) is 10.1. The number of carbonyl (C=O) groups is 2. The lowest BCUT2D eigenvalue weighted by Gasteiger charge is -2.35. The molecule has 1 fully saturated rings. The Morgan fingerprint density at radius 2 is 1.38 bits per heavy atom. The van der Waals surface area contributed by atoms with Gasteiger partial charge in [-0.05, 0) is 57.1 Å². The van der Waals surface area contributed by atoms with Crippen molar-refractivity contribution < 1.29 is 9.59 Å². The van der Waals surface area contributed by atoms with Crippen molar-refractivity contribution in [2.75, 3.05) is 39.3 Å². The summed E-state index contributed by atoms with van der Waals surface area (Å²) in [5, 5.41) is 9.43. The zero-order chi connectivity index (χ0) is 29.9. The minimum absolute atomic E-state index is 0.0354. The molecule has 2 amide bonds. The SMILES string of the molecule is CC/C=C\C/C=C\C/C=C\C/C=C\C/C=C\C/C=C\CCC(=O)NCC(CNC(=O)c1cccnc1)N1CCNCC1. The second kappa shape index (κ2) is 24.1. The van der Waals surface area contributed by atoms with Gasteiger partial charge in [-0.3, -0.25) is 19.5 Å². The average molecular weight is 574 g/mol. The van der Waals surface area contributed by atoms with Crippen LogP contribution in [0.25, 0.3) is 0 Å². The predicted octanol–water partition coefficient (Wildman–Crippen LogP) is 5.68. The van der Waals surface area contributed by atoms with Crippen LogP contribution in [0.3, 0.4) is 0 Å². The van der Waals surface area contributed by atoms with Gasteiger partial charge in [-0.25, -0.2) is 0 Å². The summed E-state index contributed by atoms with van der Waals surface area (Å²) in [4.78, 5) is 31.3. The third-order valence-electron chi connectivity index (χ3n) is 6.76. The number of hydrogen-bond acceptors (Lipinski definition) is 5. The molecule has 1 saturated heterocycles. The molecule has 228 valence electrons. The Labute approximate surface area is 253 Å². The molecular weight excluding hydrogens is 522 g/mol. The maximum atomic E-state index is 12.5. The number of aromatic nitrogens is 1. The first-order chi connectivity index (χ1) is 20.7. The van der Waals surface area contributed by atoms with Crippen molar-refractivity contribution in [2.24, 2.45) is 0 Å². The number of carbonyl (C=O) groups excluding carboxylic acids is 2. The first kappa shape index (κ1) is 34.7. The molecule has 42 heavy (non-hydrogen) atoms. The van der Waals surface area contributed by atoms with Gasteiger partial charge in [-0.2, -0.15) is 0 Å². The van der Waals surface area contributed by atoms with Crippen LogP contribution in [0, 0.1) is 0 Å². The minimum atomic E-state index is -0.146. The molecule has 7 heteroatoms. The molecule has 0 aliphatic carbocycles. The number of rotatable bonds is 20. The van der Waals surface area contributed by atoms with E-state index in [-0.39, 0.29) is 17.9 Å². The standard InChI is InChI=1S/C35H51N5O2/c1-2-3-4-5-6-7-8-9-10-11-12-13-14-15-16-17-18-19-20-23-34(41)38-30-33(40-27-25-36-26-28-40)31-39-35(42)32-22-21-24-37-29-32/h3-4,6-7,9-10,12-13,15-16,18-19,21-22,24,29,33,36H,2,5,8,11,14,17,20,23,25-28,30-31H2,1H3,(H,38,41)(H,39,42)/b4-3-,7-6-,10-9-,13-12-,16-15-,19-18-. The molecule has 3 N–H and O–H groups in total. The van der Waals surface area contributed by atoms with Crippen molar-refractivity contribution in [3.8, 4) is 0 Å². The van der Waals surface area contributed by atoms with Crippen LogP contribution in [0.5, 0.6) is 0 Å². The third kappa shape index (κ3) is 17.3. The summed E-state index contributed by atoms with van der Waals surface area (Å²) in [7, 11) is 0. The van der Waals surface area contributed by atoms with Crippen LogP contribution in [-0.4, -0.2) is 67.0 Å². The number of allylic oxidation sites excluding steroid dienone is 12. The van der Waals surface area contributed by atoms with Crippen molar-refractivity contribution in [3.05, 3.63) is 103 Å². The van der Waals surface area contributed by atoms with Gasteiger partial charge in [-0.15, -0.1) is 0 Å². The van der Waals surface area contributed by atoms with Crippen LogP contribution in [0.2, 0.25) is 0 Å². The molecule has 7 nitrogen and oxygen atoms in total. The fourth-order valence-electron chi connectivity index (χ4n) is 4.36. The Balaban J connectivity index is 1.56. The first-order valence-corrected chi connectivity index (χ1v) is 15.5. The van der Waals surface area contributed by atoms with Crippen molar-refractivity contribution in [2.45, 2.75) is 64.3 Å². The van der Waals surface area contributed by atoms with Crippen molar-refractivity contribution in [1.29, 1.82) is 0 Å².